The lowest BCUT2D eigenvalue weighted by Gasteiger charge is -2.26. The van der Waals surface area contributed by atoms with Crippen molar-refractivity contribution < 1.29 is 0 Å². The van der Waals surface area contributed by atoms with Gasteiger partial charge in [-0.2, -0.15) is 0 Å². The highest BCUT2D eigenvalue weighted by Gasteiger charge is 2.28. The Morgan fingerprint density at radius 1 is 0.250 bits per heavy atom. The molecule has 3 heterocycles. The maximum Gasteiger partial charge on any atom is 0.164 e. The molecule has 0 bridgehead atoms. The Morgan fingerprint density at radius 3 is 0.988 bits per heavy atom. The van der Waals surface area contributed by atoms with Gasteiger partial charge in [-0.25, -0.2) is 15.0 Å². The van der Waals surface area contributed by atoms with Crippen molar-refractivity contribution in [3.63, 3.8) is 0 Å². The highest BCUT2D eigenvalue weighted by molar-refractivity contribution is 6.12. The Bertz CT molecular complexity index is 3950. The fraction of sp³-hybridized carbons (Fsp3) is 0.320. The van der Waals surface area contributed by atoms with Crippen molar-refractivity contribution in [2.24, 2.45) is 0 Å². The topological polar surface area (TPSA) is 48.5 Å². The summed E-state index contributed by atoms with van der Waals surface area (Å²) in [5.74, 6) is 1.93. The molecular formula is C75H81N5. The Morgan fingerprint density at radius 2 is 0.588 bits per heavy atom. The van der Waals surface area contributed by atoms with Gasteiger partial charge in [-0.1, -0.05) is 203 Å². The number of para-hydroxylation sites is 3. The van der Waals surface area contributed by atoms with E-state index in [9.17, 15) is 0 Å². The lowest BCUT2D eigenvalue weighted by atomic mass is 9.79. The number of rotatable bonds is 6. The minimum absolute atomic E-state index is 0.0364. The van der Waals surface area contributed by atoms with E-state index in [1.54, 1.807) is 0 Å². The zero-order valence-corrected chi connectivity index (χ0v) is 50.8. The van der Waals surface area contributed by atoms with Crippen LogP contribution in [0.1, 0.15) is 158 Å². The molecule has 0 spiro atoms. The van der Waals surface area contributed by atoms with E-state index in [1.165, 1.54) is 54.9 Å². The van der Waals surface area contributed by atoms with E-state index < -0.39 is 0 Å². The molecule has 0 unspecified atom stereocenters. The third-order valence-corrected chi connectivity index (χ3v) is 16.5. The first kappa shape index (κ1) is 54.3. The van der Waals surface area contributed by atoms with Crippen molar-refractivity contribution in [2.75, 3.05) is 0 Å². The van der Waals surface area contributed by atoms with Crippen LogP contribution in [0.5, 0.6) is 0 Å². The molecule has 5 heteroatoms. The molecule has 0 aliphatic carbocycles. The molecule has 0 saturated carbocycles. The number of aromatic nitrogens is 5. The van der Waals surface area contributed by atoms with Gasteiger partial charge in [0.25, 0.3) is 0 Å². The van der Waals surface area contributed by atoms with Crippen LogP contribution >= 0.6 is 0 Å². The van der Waals surface area contributed by atoms with Crippen LogP contribution < -0.4 is 0 Å². The molecule has 0 fully saturated rings. The largest absolute Gasteiger partial charge is 0.309 e. The van der Waals surface area contributed by atoms with E-state index in [0.717, 1.165) is 61.3 Å². The van der Waals surface area contributed by atoms with Gasteiger partial charge in [-0.15, -0.1) is 0 Å². The van der Waals surface area contributed by atoms with Crippen LogP contribution in [0.3, 0.4) is 0 Å². The molecule has 0 amide bonds. The van der Waals surface area contributed by atoms with Gasteiger partial charge in [0, 0.05) is 49.4 Å². The van der Waals surface area contributed by atoms with Crippen LogP contribution in [0.25, 0.3) is 100 Å². The van der Waals surface area contributed by atoms with Crippen LogP contribution in [0.2, 0.25) is 0 Å². The van der Waals surface area contributed by atoms with Crippen LogP contribution in [-0.4, -0.2) is 24.1 Å². The Hall–Kier alpha value is -7.63. The first-order chi connectivity index (χ1) is 37.4. The predicted molar refractivity (Wildman–Crippen MR) is 342 cm³/mol. The first-order valence-electron chi connectivity index (χ1n) is 28.8. The van der Waals surface area contributed by atoms with Crippen LogP contribution in [0.15, 0.2) is 164 Å². The lowest BCUT2D eigenvalue weighted by molar-refractivity contribution is 0.568. The Labute approximate surface area is 476 Å². The summed E-state index contributed by atoms with van der Waals surface area (Å²) in [4.78, 5) is 16.7. The molecule has 406 valence electrons. The van der Waals surface area contributed by atoms with E-state index in [1.807, 2.05) is 0 Å². The number of hydrogen-bond donors (Lipinski definition) is 0. The summed E-state index contributed by atoms with van der Waals surface area (Å²) in [5.41, 5.74) is 18.9. The minimum atomic E-state index is -0.110. The van der Waals surface area contributed by atoms with Crippen molar-refractivity contribution in [1.29, 1.82) is 0 Å². The Balaban J connectivity index is 1.26. The van der Waals surface area contributed by atoms with E-state index >= 15 is 0 Å². The van der Waals surface area contributed by atoms with Crippen molar-refractivity contribution >= 4 is 43.6 Å². The summed E-state index contributed by atoms with van der Waals surface area (Å²) in [6.45, 7) is 41.3. The predicted octanol–water partition coefficient (Wildman–Crippen LogP) is 20.5. The molecule has 11 rings (SSSR count). The van der Waals surface area contributed by atoms with Crippen LogP contribution in [0, 0.1) is 0 Å². The SMILES string of the molecule is CC(C)(C)c1cc(-c2nc(-c3cc(C(C)(C)C)cc(C(C)(C)C)c3)nc(-c3ccc(-n4c5ccc(C(C)(C)C)cc5c5cc(C(C)(C)C)ccc54)c(-c4ccccc4-n4c5ccccc5c5ccccc54)c3)n2)cc(C(C)(C)C)c1. The van der Waals surface area contributed by atoms with Crippen molar-refractivity contribution in [2.45, 2.75) is 157 Å². The number of benzene rings is 8. The van der Waals surface area contributed by atoms with Crippen molar-refractivity contribution in [3.8, 4) is 56.7 Å². The fourth-order valence-electron chi connectivity index (χ4n) is 11.4. The number of hydrogen-bond acceptors (Lipinski definition) is 3. The second-order valence-corrected chi connectivity index (χ2v) is 28.8. The molecule has 80 heavy (non-hydrogen) atoms. The van der Waals surface area contributed by atoms with Gasteiger partial charge in [-0.05, 0) is 151 Å². The lowest BCUT2D eigenvalue weighted by Crippen LogP contribution is -2.17. The van der Waals surface area contributed by atoms with Gasteiger partial charge in [0.2, 0.25) is 0 Å². The highest BCUT2D eigenvalue weighted by Crippen LogP contribution is 2.45. The van der Waals surface area contributed by atoms with E-state index in [4.69, 9.17) is 15.0 Å². The summed E-state index contributed by atoms with van der Waals surface area (Å²) >= 11 is 0. The molecule has 3 aromatic heterocycles. The average Bonchev–Trinajstić information content (AvgIpc) is 3.93. The van der Waals surface area contributed by atoms with Gasteiger partial charge in [0.15, 0.2) is 17.5 Å². The van der Waals surface area contributed by atoms with E-state index in [0.29, 0.717) is 17.5 Å². The van der Waals surface area contributed by atoms with Gasteiger partial charge < -0.3 is 9.13 Å². The number of nitrogens with zero attached hydrogens (tertiary/aromatic N) is 5. The molecule has 0 radical (unpaired) electrons. The van der Waals surface area contributed by atoms with Gasteiger partial charge in [0.1, 0.15) is 0 Å². The second-order valence-electron chi connectivity index (χ2n) is 28.8. The third-order valence-electron chi connectivity index (χ3n) is 16.5. The zero-order valence-electron chi connectivity index (χ0n) is 50.8. The fourth-order valence-corrected chi connectivity index (χ4v) is 11.4. The third kappa shape index (κ3) is 9.96. The maximum absolute atomic E-state index is 5.60. The highest BCUT2D eigenvalue weighted by atomic mass is 15.0. The number of fused-ring (bicyclic) bond motifs is 6. The van der Waals surface area contributed by atoms with Crippen LogP contribution in [0.4, 0.5) is 0 Å². The van der Waals surface area contributed by atoms with Crippen molar-refractivity contribution in [3.05, 3.63) is 197 Å². The normalized spacial score (nSPS) is 13.1. The van der Waals surface area contributed by atoms with Crippen molar-refractivity contribution in [1.82, 2.24) is 24.1 Å². The molecule has 0 atom stereocenters. The summed E-state index contributed by atoms with van der Waals surface area (Å²) in [7, 11) is 0. The monoisotopic (exact) mass is 1050 g/mol. The quantitative estimate of drug-likeness (QED) is 0.167. The average molecular weight is 1050 g/mol. The first-order valence-corrected chi connectivity index (χ1v) is 28.8. The van der Waals surface area contributed by atoms with Crippen LogP contribution in [-0.2, 0) is 32.5 Å². The summed E-state index contributed by atoms with van der Waals surface area (Å²) in [6, 6.07) is 61.7. The Kier molecular flexibility index (Phi) is 12.9. The van der Waals surface area contributed by atoms with E-state index in [2.05, 4.69) is 298 Å². The molecular weight excluding hydrogens is 971 g/mol. The molecule has 0 aliphatic heterocycles. The second kappa shape index (κ2) is 19.0. The molecule has 0 aliphatic rings. The smallest absolute Gasteiger partial charge is 0.164 e. The molecule has 5 nitrogen and oxygen atoms in total. The van der Waals surface area contributed by atoms with Gasteiger partial charge in [-0.3, -0.25) is 0 Å². The van der Waals surface area contributed by atoms with Gasteiger partial charge >= 0.3 is 0 Å². The molecule has 0 saturated heterocycles. The molecule has 11 aromatic rings. The molecule has 8 aromatic carbocycles. The van der Waals surface area contributed by atoms with Gasteiger partial charge in [0.05, 0.1) is 33.4 Å². The standard InChI is InChI=1S/C75H81N5/c1-70(2,3)49-32-35-65-59(44-49)60-45-50(71(4,5)6)33-36-66(60)80(65)64-34-31-46(41-58(64)57-27-21-24-30-63(57)79-61-28-22-19-25-55(61)56-26-20-23-29-62(56)79)67-76-68(47-37-51(72(7,8)9)42-52(38-47)73(10,11)12)78-69(77-67)48-39-53(74(13,14)15)43-54(40-48)75(16,17)18/h19-45H,1-18H3. The minimum Gasteiger partial charge on any atom is -0.309 e. The van der Waals surface area contributed by atoms with E-state index in [-0.39, 0.29) is 32.5 Å². The summed E-state index contributed by atoms with van der Waals surface area (Å²) in [6.07, 6.45) is 0. The molecule has 0 N–H and O–H groups in total. The maximum atomic E-state index is 5.60. The zero-order chi connectivity index (χ0) is 57.2. The summed E-state index contributed by atoms with van der Waals surface area (Å²) in [5, 5.41) is 4.93. The summed E-state index contributed by atoms with van der Waals surface area (Å²) < 4.78 is 4.96.